The van der Waals surface area contributed by atoms with Gasteiger partial charge in [-0.15, -0.1) is 0 Å². The average molecular weight is 578 g/mol. The highest BCUT2D eigenvalue weighted by Gasteiger charge is 2.36. The predicted molar refractivity (Wildman–Crippen MR) is 136 cm³/mol. The van der Waals surface area contributed by atoms with E-state index in [-0.39, 0.29) is 11.1 Å². The molecule has 162 valence electrons. The Labute approximate surface area is 208 Å². The number of ether oxygens (including phenoxy) is 2. The summed E-state index contributed by atoms with van der Waals surface area (Å²) < 4.78 is 12.5. The van der Waals surface area contributed by atoms with Gasteiger partial charge in [0.15, 0.2) is 11.5 Å². The molecule has 0 N–H and O–H groups in total. The number of hydrogen-bond acceptors (Lipinski definition) is 5. The molecule has 3 aromatic carbocycles. The van der Waals surface area contributed by atoms with Crippen molar-refractivity contribution >= 4 is 68.9 Å². The van der Waals surface area contributed by atoms with Gasteiger partial charge in [-0.2, -0.15) is 0 Å². The van der Waals surface area contributed by atoms with E-state index in [1.54, 1.807) is 49.6 Å². The van der Waals surface area contributed by atoms with Crippen molar-refractivity contribution in [2.24, 2.45) is 0 Å². The number of nitrogens with zero attached hydrogens (tertiary/aromatic N) is 1. The average Bonchev–Trinajstić information content (AvgIpc) is 3.07. The van der Waals surface area contributed by atoms with Crippen molar-refractivity contribution in [2.45, 2.75) is 6.61 Å². The zero-order valence-electron chi connectivity index (χ0n) is 16.9. The number of halogens is 2. The first kappa shape index (κ1) is 22.7. The Hall–Kier alpha value is -2.49. The Balaban J connectivity index is 1.52. The molecule has 0 radical (unpaired) electrons. The molecule has 0 bridgehead atoms. The van der Waals surface area contributed by atoms with Crippen LogP contribution in [0, 0.1) is 3.57 Å². The minimum atomic E-state index is -0.375. The summed E-state index contributed by atoms with van der Waals surface area (Å²) in [5.74, 6) is 0.763. The topological polar surface area (TPSA) is 55.8 Å². The normalized spacial score (nSPS) is 14.8. The molecule has 1 saturated heterocycles. The lowest BCUT2D eigenvalue weighted by molar-refractivity contribution is -0.113. The van der Waals surface area contributed by atoms with Crippen LogP contribution in [0.1, 0.15) is 11.1 Å². The van der Waals surface area contributed by atoms with Crippen LogP contribution in [0.5, 0.6) is 11.5 Å². The van der Waals surface area contributed by atoms with Crippen molar-refractivity contribution in [1.29, 1.82) is 0 Å². The molecular weight excluding hydrogens is 561 g/mol. The molecule has 0 atom stereocenters. The lowest BCUT2D eigenvalue weighted by Gasteiger charge is -2.12. The molecule has 0 spiro atoms. The third kappa shape index (κ3) is 5.11. The fourth-order valence-electron chi connectivity index (χ4n) is 3.07. The summed E-state index contributed by atoms with van der Waals surface area (Å²) in [6.07, 6.45) is 1.67. The van der Waals surface area contributed by atoms with Crippen LogP contribution < -0.4 is 14.4 Å². The van der Waals surface area contributed by atoms with Gasteiger partial charge in [0.25, 0.3) is 11.1 Å². The summed E-state index contributed by atoms with van der Waals surface area (Å²) in [6, 6.07) is 20.0. The number of hydrogen-bond donors (Lipinski definition) is 0. The number of carbonyl (C=O) groups excluding carboxylic acids is 2. The van der Waals surface area contributed by atoms with Crippen molar-refractivity contribution in [2.75, 3.05) is 12.0 Å². The summed E-state index contributed by atoms with van der Waals surface area (Å²) in [6.45, 7) is 0.409. The number of thioether (sulfide) groups is 1. The number of anilines is 1. The Morgan fingerprint density at radius 2 is 1.72 bits per heavy atom. The maximum atomic E-state index is 12.8. The van der Waals surface area contributed by atoms with E-state index in [0.717, 1.165) is 31.4 Å². The molecule has 0 unspecified atom stereocenters. The molecule has 1 aliphatic rings. The number of carbonyl (C=O) groups is 2. The first-order valence-corrected chi connectivity index (χ1v) is 11.8. The van der Waals surface area contributed by atoms with Gasteiger partial charge in [-0.05, 0) is 100 Å². The standard InChI is InChI=1S/C24H17ClINO4S/c1-30-21-12-16(4-11-20(21)31-14-15-2-7-18(26)8-3-15)13-22-23(28)27(24(29)32-22)19-9-5-17(25)6-10-19/h2-13H,14H2,1H3/b22-13+. The summed E-state index contributed by atoms with van der Waals surface area (Å²) in [7, 11) is 1.56. The Kier molecular flexibility index (Phi) is 7.07. The van der Waals surface area contributed by atoms with Crippen LogP contribution in [0.2, 0.25) is 5.02 Å². The van der Waals surface area contributed by atoms with E-state index >= 15 is 0 Å². The first-order chi connectivity index (χ1) is 15.4. The first-order valence-electron chi connectivity index (χ1n) is 9.53. The second kappa shape index (κ2) is 9.97. The lowest BCUT2D eigenvalue weighted by Crippen LogP contribution is -2.27. The predicted octanol–water partition coefficient (Wildman–Crippen LogP) is 6.77. The van der Waals surface area contributed by atoms with Crippen molar-refractivity contribution in [3.05, 3.63) is 91.4 Å². The second-order valence-electron chi connectivity index (χ2n) is 6.82. The molecule has 32 heavy (non-hydrogen) atoms. The van der Waals surface area contributed by atoms with Gasteiger partial charge in [-0.3, -0.25) is 9.59 Å². The molecule has 1 fully saturated rings. The molecule has 3 aromatic rings. The third-order valence-corrected chi connectivity index (χ3v) is 6.51. The minimum absolute atomic E-state index is 0.333. The lowest BCUT2D eigenvalue weighted by atomic mass is 10.1. The van der Waals surface area contributed by atoms with Crippen LogP contribution in [0.15, 0.2) is 71.6 Å². The molecular formula is C24H17ClINO4S. The van der Waals surface area contributed by atoms with Crippen LogP contribution in [0.25, 0.3) is 6.08 Å². The molecule has 1 heterocycles. The highest BCUT2D eigenvalue weighted by atomic mass is 127. The Morgan fingerprint density at radius 3 is 2.41 bits per heavy atom. The molecule has 8 heteroatoms. The molecule has 1 aliphatic heterocycles. The zero-order valence-corrected chi connectivity index (χ0v) is 20.6. The van der Waals surface area contributed by atoms with Crippen molar-refractivity contribution < 1.29 is 19.1 Å². The smallest absolute Gasteiger partial charge is 0.298 e. The van der Waals surface area contributed by atoms with Gasteiger partial charge in [-0.1, -0.05) is 29.8 Å². The quantitative estimate of drug-likeness (QED) is 0.239. The minimum Gasteiger partial charge on any atom is -0.493 e. The van der Waals surface area contributed by atoms with Crippen molar-refractivity contribution in [3.8, 4) is 11.5 Å². The van der Waals surface area contributed by atoms with E-state index < -0.39 is 0 Å². The van der Waals surface area contributed by atoms with Gasteiger partial charge in [0.2, 0.25) is 0 Å². The largest absolute Gasteiger partial charge is 0.493 e. The maximum absolute atomic E-state index is 12.8. The highest BCUT2D eigenvalue weighted by Crippen LogP contribution is 2.37. The van der Waals surface area contributed by atoms with E-state index in [1.165, 1.54) is 0 Å². The SMILES string of the molecule is COc1cc(/C=C2/SC(=O)N(c3ccc(Cl)cc3)C2=O)ccc1OCc1ccc(I)cc1. The number of methoxy groups -OCH3 is 1. The van der Waals surface area contributed by atoms with Gasteiger partial charge < -0.3 is 9.47 Å². The molecule has 0 saturated carbocycles. The van der Waals surface area contributed by atoms with Gasteiger partial charge in [0.05, 0.1) is 17.7 Å². The number of amides is 2. The zero-order chi connectivity index (χ0) is 22.7. The van der Waals surface area contributed by atoms with Gasteiger partial charge in [0, 0.05) is 8.59 Å². The molecule has 2 amide bonds. The second-order valence-corrected chi connectivity index (χ2v) is 9.49. The Bertz CT molecular complexity index is 1200. The number of rotatable bonds is 6. The van der Waals surface area contributed by atoms with E-state index in [9.17, 15) is 9.59 Å². The van der Waals surface area contributed by atoms with Crippen LogP contribution in [-0.4, -0.2) is 18.3 Å². The van der Waals surface area contributed by atoms with Crippen LogP contribution in [0.3, 0.4) is 0 Å². The monoisotopic (exact) mass is 577 g/mol. The van der Waals surface area contributed by atoms with Crippen LogP contribution >= 0.6 is 46.0 Å². The fraction of sp³-hybridized carbons (Fsp3) is 0.0833. The van der Waals surface area contributed by atoms with Gasteiger partial charge in [0.1, 0.15) is 6.61 Å². The molecule has 5 nitrogen and oxygen atoms in total. The summed E-state index contributed by atoms with van der Waals surface area (Å²) >= 11 is 9.06. The summed E-state index contributed by atoms with van der Waals surface area (Å²) in [5.41, 5.74) is 2.26. The molecule has 0 aliphatic carbocycles. The van der Waals surface area contributed by atoms with Crippen molar-refractivity contribution in [1.82, 2.24) is 0 Å². The van der Waals surface area contributed by atoms with Crippen LogP contribution in [0.4, 0.5) is 10.5 Å². The van der Waals surface area contributed by atoms with Crippen LogP contribution in [-0.2, 0) is 11.4 Å². The fourth-order valence-corrected chi connectivity index (χ4v) is 4.39. The highest BCUT2D eigenvalue weighted by molar-refractivity contribution is 14.1. The summed E-state index contributed by atoms with van der Waals surface area (Å²) in [5, 5.41) is 0.181. The van der Waals surface area contributed by atoms with E-state index in [1.807, 2.05) is 30.3 Å². The third-order valence-electron chi connectivity index (χ3n) is 4.67. The Morgan fingerprint density at radius 1 is 1.00 bits per heavy atom. The number of imide groups is 1. The van der Waals surface area contributed by atoms with E-state index in [2.05, 4.69) is 22.6 Å². The van der Waals surface area contributed by atoms with Gasteiger partial charge >= 0.3 is 0 Å². The maximum Gasteiger partial charge on any atom is 0.298 e. The number of benzene rings is 3. The van der Waals surface area contributed by atoms with E-state index in [0.29, 0.717) is 33.7 Å². The summed E-state index contributed by atoms with van der Waals surface area (Å²) in [4.78, 5) is 26.7. The van der Waals surface area contributed by atoms with Gasteiger partial charge in [-0.25, -0.2) is 4.90 Å². The van der Waals surface area contributed by atoms with E-state index in [4.69, 9.17) is 21.1 Å². The molecule has 4 rings (SSSR count). The molecule has 0 aromatic heterocycles. The van der Waals surface area contributed by atoms with Crippen molar-refractivity contribution in [3.63, 3.8) is 0 Å².